The van der Waals surface area contributed by atoms with Crippen molar-refractivity contribution in [3.63, 3.8) is 0 Å². The minimum absolute atomic E-state index is 0. The number of aldehydes is 1. The molecule has 4 heterocycles. The van der Waals surface area contributed by atoms with Crippen LogP contribution in [0.4, 0.5) is 0 Å². The topological polar surface area (TPSA) is 187 Å². The minimum atomic E-state index is -0.639. The quantitative estimate of drug-likeness (QED) is 0.0827. The average Bonchev–Trinajstić information content (AvgIpc) is 4.13. The van der Waals surface area contributed by atoms with Crippen molar-refractivity contribution >= 4 is 77.5 Å². The van der Waals surface area contributed by atoms with E-state index in [1.54, 1.807) is 0 Å². The number of nitrogens with one attached hydrogen (secondary N) is 1. The van der Waals surface area contributed by atoms with Crippen LogP contribution in [0, 0.1) is 0 Å². The van der Waals surface area contributed by atoms with Crippen LogP contribution in [-0.4, -0.2) is 105 Å². The zero-order valence-corrected chi connectivity index (χ0v) is 40.6. The van der Waals surface area contributed by atoms with Gasteiger partial charge in [-0.25, -0.2) is 29.3 Å². The molecule has 6 aromatic rings. The zero-order chi connectivity index (χ0) is 46.4. The molecule has 15 nitrogen and oxygen atoms in total. The van der Waals surface area contributed by atoms with E-state index in [4.69, 9.17) is 33.3 Å². The molecule has 4 aromatic carbocycles. The number of imidazole rings is 2. The van der Waals surface area contributed by atoms with Gasteiger partial charge in [0.25, 0.3) is 0 Å². The number of likely N-dealkylation sites (tertiary alicyclic amines) is 1. The van der Waals surface area contributed by atoms with E-state index >= 15 is 0 Å². The largest absolute Gasteiger partial charge is 1.00 e. The monoisotopic (exact) mass is 937 g/mol. The number of carbonyl (C=O) groups excluding carboxylic acids is 4. The molecule has 19 heteroatoms. The van der Waals surface area contributed by atoms with E-state index in [0.29, 0.717) is 30.0 Å². The van der Waals surface area contributed by atoms with E-state index in [1.807, 2.05) is 71.3 Å². The van der Waals surface area contributed by atoms with Crippen LogP contribution in [0.1, 0.15) is 74.0 Å². The van der Waals surface area contributed by atoms with Gasteiger partial charge < -0.3 is 37.4 Å². The molecule has 2 atom stereocenters. The Morgan fingerprint density at radius 1 is 0.723 bits per heavy atom. The number of hydrogen-bond donors (Lipinski definition) is 3. The van der Waals surface area contributed by atoms with Crippen molar-refractivity contribution in [2.75, 3.05) is 26.3 Å². The fourth-order valence-electron chi connectivity index (χ4n) is 6.84. The van der Waals surface area contributed by atoms with Crippen LogP contribution < -0.4 is 34.9 Å². The molecular weight excluding hydrogens is 885 g/mol. The summed E-state index contributed by atoms with van der Waals surface area (Å²) in [7, 11) is 4.32. The maximum atomic E-state index is 11.1. The molecule has 0 unspecified atom stereocenters. The minimum Gasteiger partial charge on any atom is -0.793 e. The second kappa shape index (κ2) is 29.1. The fourth-order valence-corrected chi connectivity index (χ4v) is 7.09. The van der Waals surface area contributed by atoms with Gasteiger partial charge >= 0.3 is 41.5 Å². The summed E-state index contributed by atoms with van der Waals surface area (Å²) in [6, 6.07) is 32.2. The van der Waals surface area contributed by atoms with E-state index in [2.05, 4.69) is 72.6 Å². The first-order chi connectivity index (χ1) is 30.8. The number of carbonyl (C=O) groups is 4. The molecule has 0 aliphatic carbocycles. The van der Waals surface area contributed by atoms with Crippen LogP contribution in [0.3, 0.4) is 0 Å². The second-order valence-electron chi connectivity index (χ2n) is 14.7. The smallest absolute Gasteiger partial charge is 0.793 e. The molecule has 8 rings (SSSR count). The number of aromatic nitrogens is 4. The van der Waals surface area contributed by atoms with E-state index in [0.717, 1.165) is 104 Å². The van der Waals surface area contributed by atoms with Crippen molar-refractivity contribution in [2.24, 2.45) is 0 Å². The molecule has 2 aliphatic rings. The predicted octanol–water partition coefficient (Wildman–Crippen LogP) is 3.64. The van der Waals surface area contributed by atoms with Gasteiger partial charge in [-0.15, -0.1) is 0 Å². The van der Waals surface area contributed by atoms with Crippen LogP contribution in [0.2, 0.25) is 10.0 Å². The van der Waals surface area contributed by atoms with E-state index in [-0.39, 0.29) is 42.2 Å². The summed E-state index contributed by atoms with van der Waals surface area (Å²) >= 11 is 11.9. The Kier molecular flexibility index (Phi) is 24.5. The van der Waals surface area contributed by atoms with Crippen LogP contribution in [0.5, 0.6) is 0 Å². The number of benzene rings is 4. The summed E-state index contributed by atoms with van der Waals surface area (Å²) in [6.07, 6.45) is 5.37. The Hall–Kier alpha value is -4.62. The Labute approximate surface area is 412 Å². The zero-order valence-electron chi connectivity index (χ0n) is 37.1. The molecule has 0 amide bonds. The molecule has 0 bridgehead atoms. The van der Waals surface area contributed by atoms with Gasteiger partial charge in [-0.1, -0.05) is 71.7 Å². The second-order valence-corrected chi connectivity index (χ2v) is 15.6. The van der Waals surface area contributed by atoms with Gasteiger partial charge in [-0.2, -0.15) is 0 Å². The van der Waals surface area contributed by atoms with Gasteiger partial charge in [0.05, 0.1) is 41.8 Å². The van der Waals surface area contributed by atoms with Gasteiger partial charge in [-0.3, -0.25) is 14.5 Å². The van der Waals surface area contributed by atoms with Gasteiger partial charge in [0, 0.05) is 56.0 Å². The number of nitrogens with zero attached hydrogens (tertiary/aromatic N) is 5. The molecule has 2 fully saturated rings. The van der Waals surface area contributed by atoms with Crippen LogP contribution in [0.25, 0.3) is 22.1 Å². The molecule has 3 radical (unpaired) electrons. The maximum Gasteiger partial charge on any atom is 1.00 e. The van der Waals surface area contributed by atoms with Gasteiger partial charge in [0.15, 0.2) is 12.1 Å². The predicted molar refractivity (Wildman–Crippen MR) is 246 cm³/mol. The van der Waals surface area contributed by atoms with Crippen molar-refractivity contribution in [2.45, 2.75) is 78.2 Å². The van der Waals surface area contributed by atoms with E-state index in [1.165, 1.54) is 18.9 Å². The fraction of sp³-hybridized carbons (Fsp3) is 0.348. The summed E-state index contributed by atoms with van der Waals surface area (Å²) in [5.41, 5.74) is 6.24. The SMILES string of the molecule is CC(=O)OOC(C)=O.O=Cc1nc2ccccc2n1Cc1ccc(Cl)cc1.OC[C@@H]1CCCN1.OC[C@@H]1CCCN1Cc1nc2ccccc2n1Cc1ccc(Cl)cc1.[B-]OC(C)=O.[Na+]. The molecule has 2 aliphatic heterocycles. The van der Waals surface area contributed by atoms with Crippen molar-refractivity contribution in [3.8, 4) is 0 Å². The van der Waals surface area contributed by atoms with Crippen LogP contribution >= 0.6 is 23.2 Å². The Morgan fingerprint density at radius 2 is 1.23 bits per heavy atom. The van der Waals surface area contributed by atoms with Crippen LogP contribution in [-0.2, 0) is 48.4 Å². The first-order valence-electron chi connectivity index (χ1n) is 20.6. The molecule has 65 heavy (non-hydrogen) atoms. The summed E-state index contributed by atoms with van der Waals surface area (Å²) in [5.74, 6) is -0.252. The number of halogens is 2. The van der Waals surface area contributed by atoms with Gasteiger partial charge in [-0.05, 0) is 98.4 Å². The molecular formula is C46H53BCl2N6NaO9. The Bertz CT molecular complexity index is 2380. The average molecular weight is 939 g/mol. The van der Waals surface area contributed by atoms with Gasteiger partial charge in [0.2, 0.25) is 5.97 Å². The molecule has 2 saturated heterocycles. The summed E-state index contributed by atoms with van der Waals surface area (Å²) in [6.45, 7) is 8.30. The molecule has 3 N–H and O–H groups in total. The number of para-hydroxylation sites is 4. The number of aliphatic hydroxyl groups excluding tert-OH is 2. The number of aliphatic hydroxyl groups is 2. The molecule has 2 aromatic heterocycles. The van der Waals surface area contributed by atoms with E-state index < -0.39 is 17.9 Å². The summed E-state index contributed by atoms with van der Waals surface area (Å²) in [4.78, 5) is 59.5. The number of fused-ring (bicyclic) bond motifs is 2. The summed E-state index contributed by atoms with van der Waals surface area (Å²) in [5, 5.41) is 22.7. The normalized spacial score (nSPS) is 15.0. The molecule has 0 spiro atoms. The third-order valence-electron chi connectivity index (χ3n) is 9.91. The van der Waals surface area contributed by atoms with E-state index in [9.17, 15) is 24.3 Å². The van der Waals surface area contributed by atoms with Crippen molar-refractivity contribution < 1.29 is 73.4 Å². The standard InChI is InChI=1S/C20H22ClN3O.C15H11ClN2O.C5H11NO.C4H6O4.C2H3BO2.Na/c21-16-9-7-15(8-10-16)12-24-19-6-2-1-5-18(19)22-20(24)13-23-11-3-4-17(23)14-25;16-12-7-5-11(6-8-12)9-18-14-4-2-1-3-13(14)17-15(18)10-19;7-4-5-2-1-3-6-5;1-3(5)7-8-4(2)6;1-2(4)5-3;/h1-2,5-10,17,25H,3-4,11-14H2;1-8,10H,9H2;5-7H,1-4H2;1-2H3;1H3;/q;;;;-1;+1/t17-;;5-;;;/m0.0.../s1. The van der Waals surface area contributed by atoms with Crippen molar-refractivity contribution in [1.82, 2.24) is 29.3 Å². The molecule has 0 saturated carbocycles. The third-order valence-corrected chi connectivity index (χ3v) is 10.4. The van der Waals surface area contributed by atoms with Crippen molar-refractivity contribution in [1.29, 1.82) is 0 Å². The van der Waals surface area contributed by atoms with Crippen molar-refractivity contribution in [3.05, 3.63) is 130 Å². The first kappa shape index (κ1) is 54.7. The summed E-state index contributed by atoms with van der Waals surface area (Å²) < 4.78 is 7.80. The number of hydrogen-bond acceptors (Lipinski definition) is 13. The Balaban J connectivity index is 0.000000246. The van der Waals surface area contributed by atoms with Gasteiger partial charge in [0.1, 0.15) is 5.82 Å². The third kappa shape index (κ3) is 18.3. The maximum absolute atomic E-state index is 11.1. The van der Waals surface area contributed by atoms with Crippen LogP contribution in [0.15, 0.2) is 97.1 Å². The first-order valence-corrected chi connectivity index (χ1v) is 21.4. The Morgan fingerprint density at radius 3 is 1.68 bits per heavy atom. The number of rotatable bonds is 9. The molecule has 339 valence electrons.